The van der Waals surface area contributed by atoms with Crippen LogP contribution < -0.4 is 5.73 Å². The van der Waals surface area contributed by atoms with Crippen LogP contribution in [0, 0.1) is 6.92 Å². The van der Waals surface area contributed by atoms with Gasteiger partial charge in [-0.05, 0) is 26.2 Å². The van der Waals surface area contributed by atoms with Crippen LogP contribution in [0.2, 0.25) is 0 Å². The van der Waals surface area contributed by atoms with Crippen LogP contribution in [0.5, 0.6) is 0 Å². The molecule has 0 atom stereocenters. The minimum Gasteiger partial charge on any atom is -0.332 e. The summed E-state index contributed by atoms with van der Waals surface area (Å²) in [6, 6.07) is 0. The first-order chi connectivity index (χ1) is 7.06. The Morgan fingerprint density at radius 3 is 2.80 bits per heavy atom. The van der Waals surface area contributed by atoms with E-state index in [1.54, 1.807) is 0 Å². The predicted octanol–water partition coefficient (Wildman–Crippen LogP) is 1.76. The van der Waals surface area contributed by atoms with Crippen molar-refractivity contribution < 1.29 is 0 Å². The highest BCUT2D eigenvalue weighted by Gasteiger charge is 2.28. The zero-order valence-corrected chi connectivity index (χ0v) is 10.0. The molecular formula is C12H21N3. The van der Waals surface area contributed by atoms with E-state index in [9.17, 15) is 0 Å². The van der Waals surface area contributed by atoms with E-state index in [0.717, 1.165) is 12.4 Å². The number of rotatable bonds is 2. The molecular weight excluding hydrogens is 186 g/mol. The standard InChI is InChI=1S/C12H21N3/c1-9-14-11(12(2,3)8-13)10-6-4-5-7-15(9)10/h4-8,13H2,1-3H3. The molecule has 0 fully saturated rings. The lowest BCUT2D eigenvalue weighted by atomic mass is 9.86. The Hall–Kier alpha value is -0.830. The first-order valence-electron chi connectivity index (χ1n) is 5.83. The van der Waals surface area contributed by atoms with E-state index in [0.29, 0.717) is 6.54 Å². The van der Waals surface area contributed by atoms with Gasteiger partial charge in [-0.15, -0.1) is 0 Å². The number of fused-ring (bicyclic) bond motifs is 1. The molecule has 84 valence electrons. The Balaban J connectivity index is 2.49. The second kappa shape index (κ2) is 3.63. The van der Waals surface area contributed by atoms with Crippen LogP contribution in [0.4, 0.5) is 0 Å². The Kier molecular flexibility index (Phi) is 2.59. The summed E-state index contributed by atoms with van der Waals surface area (Å²) in [4.78, 5) is 4.72. The molecule has 0 aliphatic carbocycles. The molecule has 1 aromatic rings. The maximum absolute atomic E-state index is 5.83. The van der Waals surface area contributed by atoms with E-state index < -0.39 is 0 Å². The molecule has 0 spiro atoms. The van der Waals surface area contributed by atoms with Gasteiger partial charge in [0.1, 0.15) is 5.82 Å². The minimum atomic E-state index is 0.0166. The Labute approximate surface area is 91.7 Å². The fourth-order valence-electron chi connectivity index (χ4n) is 2.36. The maximum atomic E-state index is 5.83. The van der Waals surface area contributed by atoms with Gasteiger partial charge in [0.2, 0.25) is 0 Å². The summed E-state index contributed by atoms with van der Waals surface area (Å²) in [5, 5.41) is 0. The molecule has 3 heteroatoms. The summed E-state index contributed by atoms with van der Waals surface area (Å²) < 4.78 is 2.37. The lowest BCUT2D eigenvalue weighted by Gasteiger charge is -2.24. The molecule has 0 saturated heterocycles. The van der Waals surface area contributed by atoms with Gasteiger partial charge in [-0.1, -0.05) is 13.8 Å². The van der Waals surface area contributed by atoms with Crippen molar-refractivity contribution in [1.82, 2.24) is 9.55 Å². The largest absolute Gasteiger partial charge is 0.332 e. The van der Waals surface area contributed by atoms with Crippen molar-refractivity contribution in [3.63, 3.8) is 0 Å². The van der Waals surface area contributed by atoms with E-state index in [4.69, 9.17) is 10.7 Å². The molecule has 0 unspecified atom stereocenters. The lowest BCUT2D eigenvalue weighted by Crippen LogP contribution is -2.30. The van der Waals surface area contributed by atoms with Crippen LogP contribution >= 0.6 is 0 Å². The summed E-state index contributed by atoms with van der Waals surface area (Å²) in [7, 11) is 0. The SMILES string of the molecule is Cc1nc(C(C)(C)CN)c2n1CCCC2. The van der Waals surface area contributed by atoms with Gasteiger partial charge in [-0.3, -0.25) is 0 Å². The van der Waals surface area contributed by atoms with Crippen LogP contribution in [-0.4, -0.2) is 16.1 Å². The van der Waals surface area contributed by atoms with Crippen LogP contribution in [-0.2, 0) is 18.4 Å². The fourth-order valence-corrected chi connectivity index (χ4v) is 2.36. The Morgan fingerprint density at radius 1 is 1.40 bits per heavy atom. The number of nitrogens with zero attached hydrogens (tertiary/aromatic N) is 2. The van der Waals surface area contributed by atoms with Gasteiger partial charge >= 0.3 is 0 Å². The van der Waals surface area contributed by atoms with Crippen molar-refractivity contribution in [2.75, 3.05) is 6.54 Å². The Morgan fingerprint density at radius 2 is 2.13 bits per heavy atom. The second-order valence-corrected chi connectivity index (χ2v) is 5.15. The number of aromatic nitrogens is 2. The zero-order chi connectivity index (χ0) is 11.1. The third kappa shape index (κ3) is 1.69. The molecule has 0 bridgehead atoms. The molecule has 2 heterocycles. The van der Waals surface area contributed by atoms with Gasteiger partial charge in [0.25, 0.3) is 0 Å². The van der Waals surface area contributed by atoms with Gasteiger partial charge in [0, 0.05) is 24.2 Å². The summed E-state index contributed by atoms with van der Waals surface area (Å²) >= 11 is 0. The average molecular weight is 207 g/mol. The van der Waals surface area contributed by atoms with Crippen LogP contribution in [0.1, 0.15) is 43.9 Å². The highest BCUT2D eigenvalue weighted by atomic mass is 15.1. The molecule has 2 rings (SSSR count). The molecule has 15 heavy (non-hydrogen) atoms. The van der Waals surface area contributed by atoms with E-state index in [1.807, 2.05) is 0 Å². The second-order valence-electron chi connectivity index (χ2n) is 5.15. The summed E-state index contributed by atoms with van der Waals surface area (Å²) in [6.07, 6.45) is 3.74. The van der Waals surface area contributed by atoms with Gasteiger partial charge < -0.3 is 10.3 Å². The summed E-state index contributed by atoms with van der Waals surface area (Å²) in [5.74, 6) is 1.15. The number of nitrogens with two attached hydrogens (primary N) is 1. The topological polar surface area (TPSA) is 43.8 Å². The molecule has 3 nitrogen and oxygen atoms in total. The van der Waals surface area contributed by atoms with Gasteiger partial charge in [0.05, 0.1) is 5.69 Å². The quantitative estimate of drug-likeness (QED) is 0.803. The first kappa shape index (κ1) is 10.7. The monoisotopic (exact) mass is 207 g/mol. The van der Waals surface area contributed by atoms with E-state index >= 15 is 0 Å². The normalized spacial score (nSPS) is 16.5. The zero-order valence-electron chi connectivity index (χ0n) is 10.0. The molecule has 0 saturated carbocycles. The fraction of sp³-hybridized carbons (Fsp3) is 0.750. The molecule has 1 aliphatic rings. The highest BCUT2D eigenvalue weighted by molar-refractivity contribution is 5.26. The third-order valence-corrected chi connectivity index (χ3v) is 3.46. The van der Waals surface area contributed by atoms with Crippen LogP contribution in [0.15, 0.2) is 0 Å². The van der Waals surface area contributed by atoms with Crippen molar-refractivity contribution >= 4 is 0 Å². The lowest BCUT2D eigenvalue weighted by molar-refractivity contribution is 0.488. The van der Waals surface area contributed by atoms with Crippen molar-refractivity contribution in [3.05, 3.63) is 17.2 Å². The minimum absolute atomic E-state index is 0.0166. The van der Waals surface area contributed by atoms with Crippen LogP contribution in [0.3, 0.4) is 0 Å². The van der Waals surface area contributed by atoms with Crippen molar-refractivity contribution in [3.8, 4) is 0 Å². The number of hydrogen-bond donors (Lipinski definition) is 1. The number of imidazole rings is 1. The van der Waals surface area contributed by atoms with Gasteiger partial charge in [0.15, 0.2) is 0 Å². The van der Waals surface area contributed by atoms with E-state index in [2.05, 4.69) is 25.3 Å². The average Bonchev–Trinajstić information content (AvgIpc) is 2.58. The number of aryl methyl sites for hydroxylation is 1. The molecule has 0 amide bonds. The third-order valence-electron chi connectivity index (χ3n) is 3.46. The van der Waals surface area contributed by atoms with Crippen LogP contribution in [0.25, 0.3) is 0 Å². The van der Waals surface area contributed by atoms with Gasteiger partial charge in [-0.25, -0.2) is 4.98 Å². The molecule has 0 aromatic carbocycles. The molecule has 1 aliphatic heterocycles. The smallest absolute Gasteiger partial charge is 0.106 e. The van der Waals surface area contributed by atoms with Crippen molar-refractivity contribution in [1.29, 1.82) is 0 Å². The molecule has 2 N–H and O–H groups in total. The van der Waals surface area contributed by atoms with Crippen molar-refractivity contribution in [2.24, 2.45) is 5.73 Å². The van der Waals surface area contributed by atoms with E-state index in [1.165, 1.54) is 30.7 Å². The highest BCUT2D eigenvalue weighted by Crippen LogP contribution is 2.29. The van der Waals surface area contributed by atoms with Gasteiger partial charge in [-0.2, -0.15) is 0 Å². The predicted molar refractivity (Wildman–Crippen MR) is 62.0 cm³/mol. The maximum Gasteiger partial charge on any atom is 0.106 e. The Bertz CT molecular complexity index is 363. The molecule has 0 radical (unpaired) electrons. The van der Waals surface area contributed by atoms with E-state index in [-0.39, 0.29) is 5.41 Å². The van der Waals surface area contributed by atoms with Crippen molar-refractivity contribution in [2.45, 2.75) is 52.0 Å². The summed E-state index contributed by atoms with van der Waals surface area (Å²) in [6.45, 7) is 8.27. The first-order valence-corrected chi connectivity index (χ1v) is 5.83. The summed E-state index contributed by atoms with van der Waals surface area (Å²) in [5.41, 5.74) is 8.50. The molecule has 1 aromatic heterocycles. The number of hydrogen-bond acceptors (Lipinski definition) is 2.